The number of anilines is 2. The van der Waals surface area contributed by atoms with Crippen LogP contribution in [0.25, 0.3) is 0 Å². The van der Waals surface area contributed by atoms with Gasteiger partial charge in [0.15, 0.2) is 0 Å². The van der Waals surface area contributed by atoms with Gasteiger partial charge in [-0.05, 0) is 56.5 Å². The number of para-hydroxylation sites is 1. The summed E-state index contributed by atoms with van der Waals surface area (Å²) >= 11 is 0. The third-order valence-electron chi connectivity index (χ3n) is 3.83. The highest BCUT2D eigenvalue weighted by Gasteiger charge is 2.12. The van der Waals surface area contributed by atoms with Crippen LogP contribution in [0.1, 0.15) is 23.6 Å². The maximum Gasteiger partial charge on any atom is 0.243 e. The zero-order valence-corrected chi connectivity index (χ0v) is 13.8. The lowest BCUT2D eigenvalue weighted by Crippen LogP contribution is -2.33. The number of nitrogens with zero attached hydrogens (tertiary/aromatic N) is 1. The standard InChI is InChI=1S/C19H24N2O/c1-5-21(17-11-6-8-14(2)12-17)13-18(22)20-19-15(3)9-7-10-16(19)4/h6-12H,5,13H2,1-4H3,(H,20,22). The molecule has 2 aromatic carbocycles. The molecule has 0 fully saturated rings. The maximum absolute atomic E-state index is 12.4. The zero-order chi connectivity index (χ0) is 16.1. The normalized spacial score (nSPS) is 10.4. The number of benzene rings is 2. The molecule has 0 saturated heterocycles. The maximum atomic E-state index is 12.4. The minimum absolute atomic E-state index is 0.0146. The van der Waals surface area contributed by atoms with E-state index in [0.717, 1.165) is 29.0 Å². The van der Waals surface area contributed by atoms with Gasteiger partial charge in [0.1, 0.15) is 0 Å². The zero-order valence-electron chi connectivity index (χ0n) is 13.8. The Morgan fingerprint density at radius 2 is 1.68 bits per heavy atom. The molecule has 0 radical (unpaired) electrons. The van der Waals surface area contributed by atoms with Crippen molar-refractivity contribution in [2.45, 2.75) is 27.7 Å². The topological polar surface area (TPSA) is 32.3 Å². The van der Waals surface area contributed by atoms with Crippen molar-refractivity contribution in [3.8, 4) is 0 Å². The van der Waals surface area contributed by atoms with E-state index in [4.69, 9.17) is 0 Å². The molecule has 0 aliphatic rings. The van der Waals surface area contributed by atoms with Crippen molar-refractivity contribution in [1.82, 2.24) is 0 Å². The smallest absolute Gasteiger partial charge is 0.243 e. The lowest BCUT2D eigenvalue weighted by molar-refractivity contribution is -0.115. The molecule has 0 unspecified atom stereocenters. The molecule has 0 aliphatic heterocycles. The molecule has 0 aromatic heterocycles. The van der Waals surface area contributed by atoms with E-state index in [9.17, 15) is 4.79 Å². The second-order valence-electron chi connectivity index (χ2n) is 5.67. The SMILES string of the molecule is CCN(CC(=O)Nc1c(C)cccc1C)c1cccc(C)c1. The van der Waals surface area contributed by atoms with Crippen molar-refractivity contribution in [2.24, 2.45) is 0 Å². The monoisotopic (exact) mass is 296 g/mol. The van der Waals surface area contributed by atoms with Crippen LogP contribution in [0.4, 0.5) is 11.4 Å². The van der Waals surface area contributed by atoms with E-state index >= 15 is 0 Å². The minimum atomic E-state index is 0.0146. The van der Waals surface area contributed by atoms with Gasteiger partial charge >= 0.3 is 0 Å². The molecule has 1 amide bonds. The first kappa shape index (κ1) is 16.1. The molecule has 3 heteroatoms. The van der Waals surface area contributed by atoms with E-state index in [1.807, 2.05) is 44.2 Å². The van der Waals surface area contributed by atoms with Gasteiger partial charge < -0.3 is 10.2 Å². The van der Waals surface area contributed by atoms with Crippen LogP contribution in [0.15, 0.2) is 42.5 Å². The summed E-state index contributed by atoms with van der Waals surface area (Å²) in [5.74, 6) is 0.0146. The summed E-state index contributed by atoms with van der Waals surface area (Å²) in [4.78, 5) is 14.5. The van der Waals surface area contributed by atoms with E-state index in [-0.39, 0.29) is 5.91 Å². The fourth-order valence-corrected chi connectivity index (χ4v) is 2.57. The summed E-state index contributed by atoms with van der Waals surface area (Å²) in [5.41, 5.74) is 5.39. The largest absolute Gasteiger partial charge is 0.362 e. The van der Waals surface area contributed by atoms with E-state index in [1.165, 1.54) is 5.56 Å². The van der Waals surface area contributed by atoms with Crippen LogP contribution in [-0.2, 0) is 4.79 Å². The van der Waals surface area contributed by atoms with E-state index < -0.39 is 0 Å². The predicted octanol–water partition coefficient (Wildman–Crippen LogP) is 4.08. The first-order valence-corrected chi connectivity index (χ1v) is 7.69. The molecule has 0 aliphatic carbocycles. The summed E-state index contributed by atoms with van der Waals surface area (Å²) in [5, 5.41) is 3.05. The summed E-state index contributed by atoms with van der Waals surface area (Å²) in [6.45, 7) is 9.31. The molecule has 2 rings (SSSR count). The molecule has 116 valence electrons. The Bertz CT molecular complexity index is 644. The van der Waals surface area contributed by atoms with Crippen LogP contribution in [-0.4, -0.2) is 19.0 Å². The number of aryl methyl sites for hydroxylation is 3. The first-order chi connectivity index (χ1) is 10.5. The Morgan fingerprint density at radius 1 is 1.05 bits per heavy atom. The number of hydrogen-bond acceptors (Lipinski definition) is 2. The highest BCUT2D eigenvalue weighted by atomic mass is 16.2. The number of nitrogens with one attached hydrogen (secondary N) is 1. The molecule has 0 atom stereocenters. The molecule has 3 nitrogen and oxygen atoms in total. The van der Waals surface area contributed by atoms with Gasteiger partial charge in [0.2, 0.25) is 5.91 Å². The van der Waals surface area contributed by atoms with Crippen LogP contribution in [0, 0.1) is 20.8 Å². The summed E-state index contributed by atoms with van der Waals surface area (Å²) in [7, 11) is 0. The summed E-state index contributed by atoms with van der Waals surface area (Å²) in [6.07, 6.45) is 0. The Morgan fingerprint density at radius 3 is 2.27 bits per heavy atom. The second kappa shape index (κ2) is 7.12. The number of likely N-dealkylation sites (N-methyl/N-ethyl adjacent to an activating group) is 1. The van der Waals surface area contributed by atoms with Gasteiger partial charge in [-0.15, -0.1) is 0 Å². The lowest BCUT2D eigenvalue weighted by atomic mass is 10.1. The van der Waals surface area contributed by atoms with Gasteiger partial charge in [-0.2, -0.15) is 0 Å². The fraction of sp³-hybridized carbons (Fsp3) is 0.316. The second-order valence-corrected chi connectivity index (χ2v) is 5.67. The molecule has 1 N–H and O–H groups in total. The van der Waals surface area contributed by atoms with Crippen molar-refractivity contribution in [3.63, 3.8) is 0 Å². The van der Waals surface area contributed by atoms with Crippen molar-refractivity contribution in [2.75, 3.05) is 23.3 Å². The minimum Gasteiger partial charge on any atom is -0.362 e. The summed E-state index contributed by atoms with van der Waals surface area (Å²) in [6, 6.07) is 14.3. The number of carbonyl (C=O) groups is 1. The van der Waals surface area contributed by atoms with Crippen LogP contribution in [0.3, 0.4) is 0 Å². The average Bonchev–Trinajstić information content (AvgIpc) is 2.48. The van der Waals surface area contributed by atoms with Gasteiger partial charge in [-0.25, -0.2) is 0 Å². The molecule has 0 saturated carbocycles. The van der Waals surface area contributed by atoms with Gasteiger partial charge in [0.25, 0.3) is 0 Å². The molecule has 0 heterocycles. The van der Waals surface area contributed by atoms with E-state index in [1.54, 1.807) is 0 Å². The van der Waals surface area contributed by atoms with Gasteiger partial charge in [0, 0.05) is 17.9 Å². The van der Waals surface area contributed by atoms with Crippen LogP contribution in [0.2, 0.25) is 0 Å². The van der Waals surface area contributed by atoms with Gasteiger partial charge in [-0.1, -0.05) is 30.3 Å². The summed E-state index contributed by atoms with van der Waals surface area (Å²) < 4.78 is 0. The Hall–Kier alpha value is -2.29. The molecule has 0 spiro atoms. The number of hydrogen-bond donors (Lipinski definition) is 1. The number of carbonyl (C=O) groups excluding carboxylic acids is 1. The Balaban J connectivity index is 2.10. The van der Waals surface area contributed by atoms with E-state index in [0.29, 0.717) is 6.54 Å². The van der Waals surface area contributed by atoms with E-state index in [2.05, 4.69) is 36.2 Å². The molecular formula is C19H24N2O. The molecular weight excluding hydrogens is 272 g/mol. The van der Waals surface area contributed by atoms with Crippen LogP contribution in [0.5, 0.6) is 0 Å². The quantitative estimate of drug-likeness (QED) is 0.901. The lowest BCUT2D eigenvalue weighted by Gasteiger charge is -2.23. The van der Waals surface area contributed by atoms with Crippen molar-refractivity contribution in [1.29, 1.82) is 0 Å². The van der Waals surface area contributed by atoms with Crippen LogP contribution < -0.4 is 10.2 Å². The molecule has 22 heavy (non-hydrogen) atoms. The average molecular weight is 296 g/mol. The van der Waals surface area contributed by atoms with Gasteiger partial charge in [-0.3, -0.25) is 4.79 Å². The van der Waals surface area contributed by atoms with Crippen LogP contribution >= 0.6 is 0 Å². The van der Waals surface area contributed by atoms with Crippen molar-refractivity contribution >= 4 is 17.3 Å². The number of rotatable bonds is 5. The Labute approximate surface area is 133 Å². The molecule has 0 bridgehead atoms. The Kier molecular flexibility index (Phi) is 5.21. The predicted molar refractivity (Wildman–Crippen MR) is 93.6 cm³/mol. The van der Waals surface area contributed by atoms with Crippen molar-refractivity contribution in [3.05, 3.63) is 59.2 Å². The first-order valence-electron chi connectivity index (χ1n) is 7.69. The third kappa shape index (κ3) is 3.88. The van der Waals surface area contributed by atoms with Crippen molar-refractivity contribution < 1.29 is 4.79 Å². The molecule has 2 aromatic rings. The van der Waals surface area contributed by atoms with Gasteiger partial charge in [0.05, 0.1) is 6.54 Å². The highest BCUT2D eigenvalue weighted by molar-refractivity contribution is 5.95. The fourth-order valence-electron chi connectivity index (χ4n) is 2.57. The third-order valence-corrected chi connectivity index (χ3v) is 3.83. The number of amides is 1. The highest BCUT2D eigenvalue weighted by Crippen LogP contribution is 2.20.